The van der Waals surface area contributed by atoms with E-state index in [0.29, 0.717) is 5.56 Å². The van der Waals surface area contributed by atoms with E-state index in [1.54, 1.807) is 12.1 Å². The van der Waals surface area contributed by atoms with Gasteiger partial charge in [0.1, 0.15) is 5.82 Å². The van der Waals surface area contributed by atoms with Gasteiger partial charge in [0.15, 0.2) is 0 Å². The summed E-state index contributed by atoms with van der Waals surface area (Å²) in [5, 5.41) is 0. The molecule has 2 rings (SSSR count). The monoisotopic (exact) mass is 322 g/mol. The van der Waals surface area contributed by atoms with Gasteiger partial charge in [0.2, 0.25) is 0 Å². The Balaban J connectivity index is 2.54. The van der Waals surface area contributed by atoms with E-state index >= 15 is 0 Å². The number of primary amides is 1. The van der Waals surface area contributed by atoms with E-state index in [-0.39, 0.29) is 16.1 Å². The van der Waals surface area contributed by atoms with Crippen LogP contribution in [0.2, 0.25) is 0 Å². The second-order valence-corrected chi connectivity index (χ2v) is 6.73. The number of anilines is 1. The molecular weight excluding hydrogens is 307 g/mol. The molecule has 0 fully saturated rings. The second-order valence-electron chi connectivity index (χ2n) is 4.76. The number of carbonyl (C=O) groups excluding carboxylic acids is 1. The van der Waals surface area contributed by atoms with Crippen molar-refractivity contribution in [2.45, 2.75) is 11.8 Å². The highest BCUT2D eigenvalue weighted by Gasteiger charge is 2.25. The molecule has 0 heterocycles. The van der Waals surface area contributed by atoms with E-state index < -0.39 is 21.7 Å². The van der Waals surface area contributed by atoms with Crippen molar-refractivity contribution in [1.82, 2.24) is 0 Å². The third-order valence-electron chi connectivity index (χ3n) is 3.31. The van der Waals surface area contributed by atoms with Gasteiger partial charge in [-0.05, 0) is 36.8 Å². The van der Waals surface area contributed by atoms with Gasteiger partial charge in [-0.2, -0.15) is 0 Å². The number of carbonyl (C=O) groups is 1. The van der Waals surface area contributed by atoms with E-state index in [4.69, 9.17) is 5.73 Å². The van der Waals surface area contributed by atoms with Gasteiger partial charge in [-0.3, -0.25) is 9.10 Å². The quantitative estimate of drug-likeness (QED) is 0.935. The van der Waals surface area contributed by atoms with E-state index in [1.165, 1.54) is 38.2 Å². The van der Waals surface area contributed by atoms with Crippen LogP contribution in [0.25, 0.3) is 0 Å². The van der Waals surface area contributed by atoms with Gasteiger partial charge < -0.3 is 5.73 Å². The van der Waals surface area contributed by atoms with Gasteiger partial charge in [-0.15, -0.1) is 0 Å². The number of sulfonamides is 1. The minimum atomic E-state index is -4.00. The highest BCUT2D eigenvalue weighted by Crippen LogP contribution is 2.26. The summed E-state index contributed by atoms with van der Waals surface area (Å²) in [5.74, 6) is -1.36. The van der Waals surface area contributed by atoms with Gasteiger partial charge in [-0.25, -0.2) is 12.8 Å². The molecule has 0 unspecified atom stereocenters. The predicted molar refractivity (Wildman–Crippen MR) is 81.7 cm³/mol. The zero-order valence-electron chi connectivity index (χ0n) is 12.1. The molecule has 0 bridgehead atoms. The Hall–Kier alpha value is -2.41. The summed E-state index contributed by atoms with van der Waals surface area (Å²) < 4.78 is 39.7. The van der Waals surface area contributed by atoms with Crippen LogP contribution in [-0.2, 0) is 10.0 Å². The molecule has 22 heavy (non-hydrogen) atoms. The summed E-state index contributed by atoms with van der Waals surface area (Å²) in [6.07, 6.45) is 0. The lowest BCUT2D eigenvalue weighted by Crippen LogP contribution is -2.29. The van der Waals surface area contributed by atoms with Crippen molar-refractivity contribution in [3.05, 3.63) is 59.4 Å². The van der Waals surface area contributed by atoms with Gasteiger partial charge in [0.25, 0.3) is 15.9 Å². The molecule has 0 spiro atoms. The molecule has 0 radical (unpaired) electrons. The van der Waals surface area contributed by atoms with Crippen LogP contribution in [0.5, 0.6) is 0 Å². The van der Waals surface area contributed by atoms with E-state index in [0.717, 1.165) is 10.4 Å². The van der Waals surface area contributed by atoms with Gasteiger partial charge in [0.05, 0.1) is 16.1 Å². The number of nitrogens with two attached hydrogens (primary N) is 1. The van der Waals surface area contributed by atoms with Crippen molar-refractivity contribution < 1.29 is 17.6 Å². The summed E-state index contributed by atoms with van der Waals surface area (Å²) in [7, 11) is -2.72. The highest BCUT2D eigenvalue weighted by molar-refractivity contribution is 7.92. The molecule has 0 aliphatic rings. The zero-order valence-corrected chi connectivity index (χ0v) is 12.9. The van der Waals surface area contributed by atoms with E-state index in [1.807, 2.05) is 0 Å². The molecule has 0 atom stereocenters. The molecule has 7 heteroatoms. The van der Waals surface area contributed by atoms with Crippen molar-refractivity contribution in [2.24, 2.45) is 5.73 Å². The summed E-state index contributed by atoms with van der Waals surface area (Å²) in [6.45, 7) is 1.54. The lowest BCUT2D eigenvalue weighted by atomic mass is 10.2. The maximum atomic E-state index is 13.6. The molecule has 116 valence electrons. The lowest BCUT2D eigenvalue weighted by Gasteiger charge is -2.21. The van der Waals surface area contributed by atoms with Crippen LogP contribution in [0, 0.1) is 12.7 Å². The number of hydrogen-bond donors (Lipinski definition) is 1. The van der Waals surface area contributed by atoms with Crippen LogP contribution in [-0.4, -0.2) is 21.4 Å². The average Bonchev–Trinajstić information content (AvgIpc) is 2.49. The Labute approximate surface area is 128 Å². The number of hydrogen-bond acceptors (Lipinski definition) is 3. The predicted octanol–water partition coefficient (Wildman–Crippen LogP) is 2.06. The fourth-order valence-corrected chi connectivity index (χ4v) is 3.21. The topological polar surface area (TPSA) is 80.5 Å². The summed E-state index contributed by atoms with van der Waals surface area (Å²) >= 11 is 0. The van der Waals surface area contributed by atoms with Crippen LogP contribution in [0.3, 0.4) is 0 Å². The molecule has 5 nitrogen and oxygen atoms in total. The first-order valence-corrected chi connectivity index (χ1v) is 7.83. The van der Waals surface area contributed by atoms with Crippen molar-refractivity contribution in [3.8, 4) is 0 Å². The Kier molecular flexibility index (Phi) is 4.18. The Bertz CT molecular complexity index is 834. The first-order valence-electron chi connectivity index (χ1n) is 6.39. The molecule has 0 saturated carbocycles. The standard InChI is InChI=1S/C15H15FN2O3S/c1-10-7-8-11(9-13(10)16)22(20,21)18(2)14-6-4-3-5-12(14)15(17)19/h3-9H,1-2H3,(H2,17,19). The summed E-state index contributed by atoms with van der Waals surface area (Å²) in [4.78, 5) is 11.2. The second kappa shape index (κ2) is 5.76. The van der Waals surface area contributed by atoms with Crippen LogP contribution in [0.15, 0.2) is 47.4 Å². The normalized spacial score (nSPS) is 11.2. The summed E-state index contributed by atoms with van der Waals surface area (Å²) in [6, 6.07) is 9.71. The third-order valence-corrected chi connectivity index (χ3v) is 5.08. The Morgan fingerprint density at radius 1 is 1.18 bits per heavy atom. The zero-order chi connectivity index (χ0) is 16.5. The number of rotatable bonds is 4. The maximum absolute atomic E-state index is 13.6. The third kappa shape index (κ3) is 2.80. The number of halogens is 1. The minimum absolute atomic E-state index is 0.0705. The molecule has 0 aliphatic heterocycles. The van der Waals surface area contributed by atoms with E-state index in [2.05, 4.69) is 0 Å². The van der Waals surface area contributed by atoms with Crippen molar-refractivity contribution in [1.29, 1.82) is 0 Å². The number of para-hydroxylation sites is 1. The highest BCUT2D eigenvalue weighted by atomic mass is 32.2. The van der Waals surface area contributed by atoms with E-state index in [9.17, 15) is 17.6 Å². The van der Waals surface area contributed by atoms with Crippen LogP contribution >= 0.6 is 0 Å². The average molecular weight is 322 g/mol. The fourth-order valence-electron chi connectivity index (χ4n) is 1.98. The smallest absolute Gasteiger partial charge is 0.264 e. The number of benzene rings is 2. The first kappa shape index (κ1) is 16.0. The molecule has 2 N–H and O–H groups in total. The Morgan fingerprint density at radius 3 is 2.41 bits per heavy atom. The largest absolute Gasteiger partial charge is 0.366 e. The molecule has 0 saturated heterocycles. The van der Waals surface area contributed by atoms with Crippen LogP contribution in [0.4, 0.5) is 10.1 Å². The lowest BCUT2D eigenvalue weighted by molar-refractivity contribution is 0.100. The van der Waals surface area contributed by atoms with Gasteiger partial charge in [0, 0.05) is 7.05 Å². The molecule has 0 aromatic heterocycles. The summed E-state index contributed by atoms with van der Waals surface area (Å²) in [5.41, 5.74) is 5.81. The van der Waals surface area contributed by atoms with Crippen molar-refractivity contribution in [3.63, 3.8) is 0 Å². The molecule has 0 aliphatic carbocycles. The van der Waals surface area contributed by atoms with Crippen LogP contribution < -0.4 is 10.0 Å². The fraction of sp³-hybridized carbons (Fsp3) is 0.133. The van der Waals surface area contributed by atoms with Crippen LogP contribution in [0.1, 0.15) is 15.9 Å². The van der Waals surface area contributed by atoms with Crippen molar-refractivity contribution in [2.75, 3.05) is 11.4 Å². The van der Waals surface area contributed by atoms with Gasteiger partial charge in [-0.1, -0.05) is 18.2 Å². The van der Waals surface area contributed by atoms with Crippen molar-refractivity contribution >= 4 is 21.6 Å². The maximum Gasteiger partial charge on any atom is 0.264 e. The number of amides is 1. The Morgan fingerprint density at radius 2 is 1.82 bits per heavy atom. The molecular formula is C15H15FN2O3S. The SMILES string of the molecule is Cc1ccc(S(=O)(=O)N(C)c2ccccc2C(N)=O)cc1F. The number of nitrogens with zero attached hydrogens (tertiary/aromatic N) is 1. The molecule has 2 aromatic carbocycles. The molecule has 2 aromatic rings. The molecule has 1 amide bonds. The van der Waals surface area contributed by atoms with Gasteiger partial charge >= 0.3 is 0 Å². The minimum Gasteiger partial charge on any atom is -0.366 e. The number of aryl methyl sites for hydroxylation is 1. The first-order chi connectivity index (χ1) is 10.2.